The highest BCUT2D eigenvalue weighted by Crippen LogP contribution is 2.32. The molecule has 3 aromatic carbocycles. The molecule has 5 rings (SSSR count). The molecule has 0 atom stereocenters. The second-order valence-corrected chi connectivity index (χ2v) is 9.10. The lowest BCUT2D eigenvalue weighted by atomic mass is 10.0. The summed E-state index contributed by atoms with van der Waals surface area (Å²) in [5, 5.41) is 27.8. The first-order chi connectivity index (χ1) is 17.2. The molecule has 0 fully saturated rings. The molecule has 7 nitrogen and oxygen atoms in total. The summed E-state index contributed by atoms with van der Waals surface area (Å²) in [5.41, 5.74) is 2.68. The summed E-state index contributed by atoms with van der Waals surface area (Å²) >= 11 is 7.58. The lowest BCUT2D eigenvalue weighted by Crippen LogP contribution is -2.08. The first kappa shape index (κ1) is 23.0. The van der Waals surface area contributed by atoms with Crippen molar-refractivity contribution < 1.29 is 5.11 Å². The molecule has 0 aliphatic rings. The minimum Gasteiger partial charge on any atom is -0.395 e. The maximum absolute atomic E-state index is 8.96. The van der Waals surface area contributed by atoms with E-state index in [4.69, 9.17) is 16.7 Å². The van der Waals surface area contributed by atoms with Gasteiger partial charge in [0.25, 0.3) is 0 Å². The van der Waals surface area contributed by atoms with Crippen LogP contribution in [0.25, 0.3) is 22.0 Å². The Morgan fingerprint density at radius 1 is 0.857 bits per heavy atom. The van der Waals surface area contributed by atoms with Crippen molar-refractivity contribution in [3.63, 3.8) is 0 Å². The van der Waals surface area contributed by atoms with Gasteiger partial charge in [0.2, 0.25) is 5.95 Å². The number of fused-ring (bicyclic) bond motifs is 1. The Labute approximate surface area is 211 Å². The number of hydrogen-bond acceptors (Lipinski definition) is 8. The van der Waals surface area contributed by atoms with Crippen LogP contribution in [0, 0.1) is 0 Å². The van der Waals surface area contributed by atoms with E-state index in [-0.39, 0.29) is 6.61 Å². The van der Waals surface area contributed by atoms with Gasteiger partial charge in [-0.1, -0.05) is 59.8 Å². The molecule has 0 aliphatic carbocycles. The number of aliphatic hydroxyl groups excluding tert-OH is 1. The van der Waals surface area contributed by atoms with Gasteiger partial charge in [-0.15, -0.1) is 10.2 Å². The molecule has 0 saturated heterocycles. The summed E-state index contributed by atoms with van der Waals surface area (Å²) in [7, 11) is 0. The fourth-order valence-electron chi connectivity index (χ4n) is 3.53. The quantitative estimate of drug-likeness (QED) is 0.222. The third kappa shape index (κ3) is 5.51. The Hall–Kier alpha value is -3.72. The number of aromatic nitrogens is 4. The summed E-state index contributed by atoms with van der Waals surface area (Å²) in [6.45, 7) is 0.436. The second kappa shape index (κ2) is 10.7. The zero-order valence-electron chi connectivity index (χ0n) is 18.5. The lowest BCUT2D eigenvalue weighted by molar-refractivity contribution is 0.310. The molecular formula is C26H21ClN6OS. The molecule has 0 radical (unpaired) electrons. The van der Waals surface area contributed by atoms with Crippen molar-refractivity contribution in [3.05, 3.63) is 90.1 Å². The molecule has 5 aromatic rings. The Kier molecular flexibility index (Phi) is 7.04. The molecule has 0 bridgehead atoms. The van der Waals surface area contributed by atoms with E-state index in [2.05, 4.69) is 30.8 Å². The van der Waals surface area contributed by atoms with Crippen LogP contribution < -0.4 is 10.6 Å². The van der Waals surface area contributed by atoms with E-state index in [1.165, 1.54) is 11.8 Å². The highest BCUT2D eigenvalue weighted by Gasteiger charge is 2.11. The van der Waals surface area contributed by atoms with Crippen molar-refractivity contribution >= 4 is 51.6 Å². The number of benzene rings is 3. The normalized spacial score (nSPS) is 10.9. The number of nitrogens with zero attached hydrogens (tertiary/aromatic N) is 4. The molecule has 0 saturated carbocycles. The molecule has 0 amide bonds. The maximum atomic E-state index is 8.96. The smallest absolute Gasteiger partial charge is 0.223 e. The highest BCUT2D eigenvalue weighted by molar-refractivity contribution is 7.99. The fraction of sp³-hybridized carbons (Fsp3) is 0.0769. The summed E-state index contributed by atoms with van der Waals surface area (Å²) in [6.07, 6.45) is 1.70. The van der Waals surface area contributed by atoms with Gasteiger partial charge < -0.3 is 15.7 Å². The fourth-order valence-corrected chi connectivity index (χ4v) is 4.43. The van der Waals surface area contributed by atoms with Crippen molar-refractivity contribution in [2.75, 3.05) is 23.8 Å². The van der Waals surface area contributed by atoms with Crippen LogP contribution in [0.2, 0.25) is 5.02 Å². The Bertz CT molecular complexity index is 1450. The van der Waals surface area contributed by atoms with Crippen LogP contribution in [0.15, 0.2) is 95.0 Å². The first-order valence-corrected chi connectivity index (χ1v) is 12.1. The van der Waals surface area contributed by atoms with Crippen molar-refractivity contribution in [2.45, 2.75) is 9.92 Å². The van der Waals surface area contributed by atoms with Crippen LogP contribution in [-0.4, -0.2) is 38.4 Å². The van der Waals surface area contributed by atoms with Gasteiger partial charge in [-0.05, 0) is 42.5 Å². The molecule has 2 heterocycles. The molecule has 0 aliphatic heterocycles. The van der Waals surface area contributed by atoms with Gasteiger partial charge in [0.15, 0.2) is 5.82 Å². The largest absolute Gasteiger partial charge is 0.395 e. The molecular weight excluding hydrogens is 480 g/mol. The summed E-state index contributed by atoms with van der Waals surface area (Å²) in [5.74, 6) is 1.18. The van der Waals surface area contributed by atoms with E-state index in [0.717, 1.165) is 37.6 Å². The Morgan fingerprint density at radius 2 is 1.63 bits per heavy atom. The van der Waals surface area contributed by atoms with Crippen LogP contribution in [0.3, 0.4) is 0 Å². The van der Waals surface area contributed by atoms with Crippen molar-refractivity contribution in [3.8, 4) is 11.3 Å². The maximum Gasteiger partial charge on any atom is 0.223 e. The van der Waals surface area contributed by atoms with E-state index in [1.807, 2.05) is 78.9 Å². The predicted molar refractivity (Wildman–Crippen MR) is 141 cm³/mol. The van der Waals surface area contributed by atoms with Gasteiger partial charge in [0.05, 0.1) is 6.61 Å². The molecule has 9 heteroatoms. The lowest BCUT2D eigenvalue weighted by Gasteiger charge is -2.12. The molecule has 35 heavy (non-hydrogen) atoms. The molecule has 0 unspecified atom stereocenters. The number of nitrogens with one attached hydrogen (secondary N) is 2. The third-order valence-corrected chi connectivity index (χ3v) is 6.37. The van der Waals surface area contributed by atoms with Gasteiger partial charge in [-0.3, -0.25) is 0 Å². The minimum absolute atomic E-state index is 0.0265. The topological polar surface area (TPSA) is 95.8 Å². The van der Waals surface area contributed by atoms with E-state index in [0.29, 0.717) is 23.3 Å². The number of anilines is 3. The molecule has 174 valence electrons. The van der Waals surface area contributed by atoms with E-state index >= 15 is 0 Å². The van der Waals surface area contributed by atoms with Crippen molar-refractivity contribution in [2.24, 2.45) is 0 Å². The Morgan fingerprint density at radius 3 is 2.40 bits per heavy atom. The van der Waals surface area contributed by atoms with E-state index < -0.39 is 0 Å². The highest BCUT2D eigenvalue weighted by atomic mass is 35.5. The third-order valence-electron chi connectivity index (χ3n) is 5.17. The van der Waals surface area contributed by atoms with E-state index in [1.54, 1.807) is 6.20 Å². The van der Waals surface area contributed by atoms with Gasteiger partial charge in [-0.2, -0.15) is 0 Å². The molecule has 0 spiro atoms. The van der Waals surface area contributed by atoms with Crippen LogP contribution in [0.1, 0.15) is 0 Å². The second-order valence-electron chi connectivity index (χ2n) is 7.57. The van der Waals surface area contributed by atoms with Crippen LogP contribution in [-0.2, 0) is 0 Å². The number of rotatable bonds is 8. The zero-order valence-corrected chi connectivity index (χ0v) is 20.1. The summed E-state index contributed by atoms with van der Waals surface area (Å²) < 4.78 is 0. The monoisotopic (exact) mass is 500 g/mol. The van der Waals surface area contributed by atoms with Crippen LogP contribution >= 0.6 is 23.4 Å². The molecule has 3 N–H and O–H groups in total. The van der Waals surface area contributed by atoms with E-state index in [9.17, 15) is 0 Å². The van der Waals surface area contributed by atoms with Crippen LogP contribution in [0.4, 0.5) is 17.5 Å². The van der Waals surface area contributed by atoms with Crippen molar-refractivity contribution in [1.29, 1.82) is 0 Å². The SMILES string of the molecule is OCCNc1nccc(Sc2ccc(Nc3nnc(-c4ccc(Cl)cc4)c4ccccc34)cc2)n1. The van der Waals surface area contributed by atoms with Gasteiger partial charge in [0.1, 0.15) is 10.7 Å². The number of aliphatic hydroxyl groups is 1. The zero-order chi connectivity index (χ0) is 24.0. The van der Waals surface area contributed by atoms with Gasteiger partial charge in [0, 0.05) is 44.7 Å². The number of halogens is 1. The summed E-state index contributed by atoms with van der Waals surface area (Å²) in [4.78, 5) is 9.65. The van der Waals surface area contributed by atoms with Crippen molar-refractivity contribution in [1.82, 2.24) is 20.2 Å². The summed E-state index contributed by atoms with van der Waals surface area (Å²) in [6, 6.07) is 25.6. The Balaban J connectivity index is 1.35. The van der Waals surface area contributed by atoms with Gasteiger partial charge >= 0.3 is 0 Å². The minimum atomic E-state index is 0.0265. The first-order valence-electron chi connectivity index (χ1n) is 10.9. The van der Waals surface area contributed by atoms with Crippen LogP contribution in [0.5, 0.6) is 0 Å². The predicted octanol–water partition coefficient (Wildman–Crippen LogP) is 6.04. The standard InChI is InChI=1S/C26H21ClN6OS/c27-18-7-5-17(6-8-18)24-21-3-1-2-4-22(21)25(33-32-24)30-19-9-11-20(12-10-19)35-23-13-14-28-26(31-23)29-15-16-34/h1-14,34H,15-16H2,(H,30,33)(H,28,29,31). The number of hydrogen-bond donors (Lipinski definition) is 3. The average molecular weight is 501 g/mol. The average Bonchev–Trinajstić information content (AvgIpc) is 2.90. The van der Waals surface area contributed by atoms with Gasteiger partial charge in [-0.25, -0.2) is 9.97 Å². The molecule has 2 aromatic heterocycles.